The SMILES string of the molecule is CCOC(=O)c1ccc2c(c1)NC(=O)/C2=C(/Nc1ccc(CN(C)C)c(C(F)(F)F)c1)c1ccccc1. The van der Waals surface area contributed by atoms with Gasteiger partial charge in [-0.1, -0.05) is 42.5 Å². The summed E-state index contributed by atoms with van der Waals surface area (Å²) < 4.78 is 46.7. The zero-order valence-corrected chi connectivity index (χ0v) is 20.6. The third-order valence-electron chi connectivity index (χ3n) is 5.76. The highest BCUT2D eigenvalue weighted by atomic mass is 19.4. The van der Waals surface area contributed by atoms with E-state index in [2.05, 4.69) is 10.6 Å². The van der Waals surface area contributed by atoms with Gasteiger partial charge in [0.1, 0.15) is 0 Å². The van der Waals surface area contributed by atoms with Crippen LogP contribution in [0.1, 0.15) is 39.5 Å². The zero-order valence-electron chi connectivity index (χ0n) is 20.6. The lowest BCUT2D eigenvalue weighted by Crippen LogP contribution is -2.17. The van der Waals surface area contributed by atoms with Gasteiger partial charge in [0.25, 0.3) is 5.91 Å². The number of benzene rings is 3. The maximum absolute atomic E-state index is 13.9. The monoisotopic (exact) mass is 509 g/mol. The van der Waals surface area contributed by atoms with Gasteiger partial charge in [-0.15, -0.1) is 0 Å². The molecule has 0 atom stereocenters. The summed E-state index contributed by atoms with van der Waals surface area (Å²) in [4.78, 5) is 27.0. The first-order valence-corrected chi connectivity index (χ1v) is 11.6. The number of carbonyl (C=O) groups excluding carboxylic acids is 2. The van der Waals surface area contributed by atoms with Crippen molar-refractivity contribution in [2.45, 2.75) is 19.6 Å². The van der Waals surface area contributed by atoms with E-state index in [0.29, 0.717) is 22.5 Å². The Kier molecular flexibility index (Phi) is 7.35. The van der Waals surface area contributed by atoms with Crippen molar-refractivity contribution in [3.05, 3.63) is 94.5 Å². The standard InChI is InChI=1S/C28H26F3N3O3/c1-4-37-27(36)18-11-13-21-23(14-18)33-26(35)24(21)25(17-8-6-5-7-9-17)32-20-12-10-19(16-34(2)3)22(15-20)28(29,30)31/h5-15,32H,4,16H2,1-3H3,(H,33,35)/b25-24+. The molecule has 0 bridgehead atoms. The molecule has 0 aliphatic carbocycles. The van der Waals surface area contributed by atoms with E-state index in [1.165, 1.54) is 12.1 Å². The molecular formula is C28H26F3N3O3. The number of alkyl halides is 3. The highest BCUT2D eigenvalue weighted by molar-refractivity contribution is 6.37. The molecule has 1 aliphatic heterocycles. The highest BCUT2D eigenvalue weighted by Crippen LogP contribution is 2.39. The van der Waals surface area contributed by atoms with E-state index in [4.69, 9.17) is 4.74 Å². The van der Waals surface area contributed by atoms with Crippen LogP contribution in [0.5, 0.6) is 0 Å². The molecule has 37 heavy (non-hydrogen) atoms. The summed E-state index contributed by atoms with van der Waals surface area (Å²) in [6, 6.07) is 17.6. The Labute approximate surface area is 212 Å². The van der Waals surface area contributed by atoms with Gasteiger partial charge in [-0.25, -0.2) is 4.79 Å². The minimum absolute atomic E-state index is 0.125. The minimum atomic E-state index is -4.55. The summed E-state index contributed by atoms with van der Waals surface area (Å²) in [5.41, 5.74) is 2.00. The molecule has 6 nitrogen and oxygen atoms in total. The van der Waals surface area contributed by atoms with Crippen molar-refractivity contribution >= 4 is 34.5 Å². The van der Waals surface area contributed by atoms with Gasteiger partial charge < -0.3 is 20.3 Å². The van der Waals surface area contributed by atoms with Crippen molar-refractivity contribution in [2.75, 3.05) is 31.3 Å². The van der Waals surface area contributed by atoms with Crippen LogP contribution in [0.3, 0.4) is 0 Å². The minimum Gasteiger partial charge on any atom is -0.462 e. The third kappa shape index (κ3) is 5.67. The van der Waals surface area contributed by atoms with Crippen molar-refractivity contribution < 1.29 is 27.5 Å². The number of hydrogen-bond acceptors (Lipinski definition) is 5. The molecule has 3 aromatic rings. The molecule has 9 heteroatoms. The number of nitrogens with one attached hydrogen (secondary N) is 2. The van der Waals surface area contributed by atoms with E-state index in [9.17, 15) is 22.8 Å². The highest BCUT2D eigenvalue weighted by Gasteiger charge is 2.34. The van der Waals surface area contributed by atoms with Gasteiger partial charge in [-0.3, -0.25) is 4.79 Å². The van der Waals surface area contributed by atoms with Gasteiger partial charge in [-0.2, -0.15) is 13.2 Å². The number of ether oxygens (including phenoxy) is 1. The molecule has 0 fully saturated rings. The van der Waals surface area contributed by atoms with Crippen LogP contribution in [0.15, 0.2) is 66.7 Å². The summed E-state index contributed by atoms with van der Waals surface area (Å²) in [5, 5.41) is 5.83. The van der Waals surface area contributed by atoms with E-state index in [0.717, 1.165) is 6.07 Å². The molecule has 1 amide bonds. The van der Waals surface area contributed by atoms with E-state index < -0.39 is 23.6 Å². The molecule has 0 spiro atoms. The molecule has 2 N–H and O–H groups in total. The fraction of sp³-hybridized carbons (Fsp3) is 0.214. The molecule has 0 saturated heterocycles. The molecule has 4 rings (SSSR count). The van der Waals surface area contributed by atoms with Crippen molar-refractivity contribution in [3.8, 4) is 0 Å². The average molecular weight is 510 g/mol. The molecule has 192 valence electrons. The molecule has 3 aromatic carbocycles. The number of halogens is 3. The molecule has 0 unspecified atom stereocenters. The van der Waals surface area contributed by atoms with Crippen LogP contribution in [-0.2, 0) is 22.3 Å². The van der Waals surface area contributed by atoms with E-state index in [-0.39, 0.29) is 35.5 Å². The van der Waals surface area contributed by atoms with Crippen LogP contribution in [0.25, 0.3) is 11.3 Å². The Bertz CT molecular complexity index is 1370. The lowest BCUT2D eigenvalue weighted by Gasteiger charge is -2.19. The Morgan fingerprint density at radius 3 is 2.38 bits per heavy atom. The van der Waals surface area contributed by atoms with E-state index in [1.54, 1.807) is 74.4 Å². The van der Waals surface area contributed by atoms with Gasteiger partial charge in [0, 0.05) is 17.8 Å². The second-order valence-electron chi connectivity index (χ2n) is 8.78. The zero-order chi connectivity index (χ0) is 26.7. The van der Waals surface area contributed by atoms with Crippen molar-refractivity contribution in [3.63, 3.8) is 0 Å². The van der Waals surface area contributed by atoms with Crippen molar-refractivity contribution in [1.29, 1.82) is 0 Å². The number of rotatable bonds is 7. The van der Waals surface area contributed by atoms with Gasteiger partial charge in [0.2, 0.25) is 0 Å². The first-order chi connectivity index (χ1) is 17.6. The van der Waals surface area contributed by atoms with Crippen molar-refractivity contribution in [1.82, 2.24) is 4.90 Å². The predicted octanol–water partition coefficient (Wildman–Crippen LogP) is 5.88. The number of carbonyl (C=O) groups is 2. The van der Waals surface area contributed by atoms with Gasteiger partial charge in [-0.05, 0) is 56.4 Å². The van der Waals surface area contributed by atoms with Crippen LogP contribution in [-0.4, -0.2) is 37.5 Å². The summed E-state index contributed by atoms with van der Waals surface area (Å²) >= 11 is 0. The van der Waals surface area contributed by atoms with Crippen molar-refractivity contribution in [2.24, 2.45) is 0 Å². The summed E-state index contributed by atoms with van der Waals surface area (Å²) in [5.74, 6) is -0.960. The number of fused-ring (bicyclic) bond motifs is 1. The largest absolute Gasteiger partial charge is 0.462 e. The van der Waals surface area contributed by atoms with E-state index in [1.807, 2.05) is 0 Å². The van der Waals surface area contributed by atoms with E-state index >= 15 is 0 Å². The Morgan fingerprint density at radius 1 is 1.00 bits per heavy atom. The van der Waals surface area contributed by atoms with Gasteiger partial charge in [0.05, 0.1) is 34.7 Å². The quantitative estimate of drug-likeness (QED) is 0.308. The fourth-order valence-electron chi connectivity index (χ4n) is 4.19. The first kappa shape index (κ1) is 26.0. The van der Waals surface area contributed by atoms with Crippen LogP contribution in [0.2, 0.25) is 0 Å². The second kappa shape index (κ2) is 10.5. The molecule has 1 aliphatic rings. The molecule has 0 aromatic heterocycles. The predicted molar refractivity (Wildman–Crippen MR) is 137 cm³/mol. The lowest BCUT2D eigenvalue weighted by molar-refractivity contribution is -0.138. The Balaban J connectivity index is 1.83. The number of anilines is 2. The Morgan fingerprint density at radius 2 is 1.73 bits per heavy atom. The summed E-state index contributed by atoms with van der Waals surface area (Å²) in [6.45, 7) is 2.03. The number of nitrogens with zero attached hydrogens (tertiary/aromatic N) is 1. The average Bonchev–Trinajstić information content (AvgIpc) is 3.17. The first-order valence-electron chi connectivity index (χ1n) is 11.6. The normalized spacial score (nSPS) is 14.3. The molecule has 0 saturated carbocycles. The molecular weight excluding hydrogens is 483 g/mol. The molecule has 1 heterocycles. The number of esters is 1. The van der Waals surface area contributed by atoms with Crippen LogP contribution < -0.4 is 10.6 Å². The second-order valence-corrected chi connectivity index (χ2v) is 8.78. The number of hydrogen-bond donors (Lipinski definition) is 2. The maximum atomic E-state index is 13.9. The maximum Gasteiger partial charge on any atom is 0.416 e. The lowest BCUT2D eigenvalue weighted by atomic mass is 9.98. The van der Waals surface area contributed by atoms with Gasteiger partial charge in [0.15, 0.2) is 0 Å². The van der Waals surface area contributed by atoms with Crippen LogP contribution >= 0.6 is 0 Å². The topological polar surface area (TPSA) is 70.7 Å². The summed E-state index contributed by atoms with van der Waals surface area (Å²) in [7, 11) is 3.40. The fourth-order valence-corrected chi connectivity index (χ4v) is 4.19. The summed E-state index contributed by atoms with van der Waals surface area (Å²) in [6.07, 6.45) is -4.55. The van der Waals surface area contributed by atoms with Crippen LogP contribution in [0, 0.1) is 0 Å². The smallest absolute Gasteiger partial charge is 0.416 e. The van der Waals surface area contributed by atoms with Gasteiger partial charge >= 0.3 is 12.1 Å². The van der Waals surface area contributed by atoms with Crippen LogP contribution in [0.4, 0.5) is 24.5 Å². The molecule has 0 radical (unpaired) electrons. The Hall–Kier alpha value is -4.11. The third-order valence-corrected chi connectivity index (χ3v) is 5.76. The number of amides is 1.